The first-order valence-corrected chi connectivity index (χ1v) is 5.77. The van der Waals surface area contributed by atoms with Gasteiger partial charge in [0.25, 0.3) is 5.91 Å². The summed E-state index contributed by atoms with van der Waals surface area (Å²) in [6.07, 6.45) is 0. The van der Waals surface area contributed by atoms with Crippen molar-refractivity contribution in [3.05, 3.63) is 29.6 Å². The van der Waals surface area contributed by atoms with Gasteiger partial charge in [0.05, 0.1) is 5.69 Å². The largest absolute Gasteiger partial charge is 0.289 e. The minimum atomic E-state index is -0.355. The molecule has 0 aromatic carbocycles. The summed E-state index contributed by atoms with van der Waals surface area (Å²) in [6, 6.07) is 5.36. The van der Waals surface area contributed by atoms with Crippen molar-refractivity contribution in [2.45, 2.75) is 24.9 Å². The van der Waals surface area contributed by atoms with Gasteiger partial charge in [-0.3, -0.25) is 10.2 Å². The number of hydrogen-bond donors (Lipinski definition) is 2. The van der Waals surface area contributed by atoms with Gasteiger partial charge in [-0.2, -0.15) is 11.8 Å². The Kier molecular flexibility index (Phi) is 4.58. The smallest absolute Gasteiger partial charge is 0.283 e. The number of pyridine rings is 1. The molecule has 0 atom stereocenters. The summed E-state index contributed by atoms with van der Waals surface area (Å²) in [5.74, 6) is 5.49. The van der Waals surface area contributed by atoms with Crippen molar-refractivity contribution in [3.8, 4) is 0 Å². The third-order valence-corrected chi connectivity index (χ3v) is 2.86. The quantitative estimate of drug-likeness (QED) is 0.461. The molecule has 0 aliphatic heterocycles. The Labute approximate surface area is 93.6 Å². The molecule has 0 aliphatic rings. The first kappa shape index (κ1) is 12.0. The Morgan fingerprint density at radius 3 is 2.93 bits per heavy atom. The number of hydrogen-bond acceptors (Lipinski definition) is 4. The van der Waals surface area contributed by atoms with Gasteiger partial charge < -0.3 is 0 Å². The molecule has 1 amide bonds. The second kappa shape index (κ2) is 5.72. The Bertz CT molecular complexity index is 341. The maximum absolute atomic E-state index is 11.2. The molecule has 0 unspecified atom stereocenters. The van der Waals surface area contributed by atoms with E-state index >= 15 is 0 Å². The van der Waals surface area contributed by atoms with E-state index in [0.717, 1.165) is 11.4 Å². The standard InChI is InChI=1S/C10H15N3OS/c1-7(2)15-6-8-4-3-5-9(12-8)10(14)13-11/h3-5,7H,6,11H2,1-2H3,(H,13,14). The molecule has 0 spiro atoms. The number of aromatic nitrogens is 1. The molecular weight excluding hydrogens is 210 g/mol. The summed E-state index contributed by atoms with van der Waals surface area (Å²) >= 11 is 1.79. The summed E-state index contributed by atoms with van der Waals surface area (Å²) in [4.78, 5) is 15.4. The van der Waals surface area contributed by atoms with Crippen molar-refractivity contribution in [2.75, 3.05) is 0 Å². The number of nitrogens with zero attached hydrogens (tertiary/aromatic N) is 1. The SMILES string of the molecule is CC(C)SCc1cccc(C(=O)NN)n1. The van der Waals surface area contributed by atoms with Crippen molar-refractivity contribution >= 4 is 17.7 Å². The van der Waals surface area contributed by atoms with E-state index in [9.17, 15) is 4.79 Å². The highest BCUT2D eigenvalue weighted by molar-refractivity contribution is 7.99. The molecule has 0 saturated heterocycles. The number of nitrogens with two attached hydrogens (primary N) is 1. The number of nitrogen functional groups attached to an aromatic ring is 1. The minimum Gasteiger partial charge on any atom is -0.289 e. The fourth-order valence-electron chi connectivity index (χ4n) is 1.01. The van der Waals surface area contributed by atoms with Gasteiger partial charge in [0.1, 0.15) is 5.69 Å². The maximum Gasteiger partial charge on any atom is 0.283 e. The molecule has 0 bridgehead atoms. The number of rotatable bonds is 4. The summed E-state index contributed by atoms with van der Waals surface area (Å²) in [5, 5.41) is 0.554. The fraction of sp³-hybridized carbons (Fsp3) is 0.400. The molecule has 1 aromatic rings. The lowest BCUT2D eigenvalue weighted by molar-refractivity contribution is 0.0948. The molecule has 0 radical (unpaired) electrons. The van der Waals surface area contributed by atoms with E-state index < -0.39 is 0 Å². The summed E-state index contributed by atoms with van der Waals surface area (Å²) in [5.41, 5.74) is 3.32. The van der Waals surface area contributed by atoms with Crippen LogP contribution in [-0.4, -0.2) is 16.1 Å². The topological polar surface area (TPSA) is 68.0 Å². The summed E-state index contributed by atoms with van der Waals surface area (Å²) in [6.45, 7) is 4.25. The second-order valence-corrected chi connectivity index (χ2v) is 4.91. The van der Waals surface area contributed by atoms with Gasteiger partial charge >= 0.3 is 0 Å². The van der Waals surface area contributed by atoms with Crippen LogP contribution in [0.4, 0.5) is 0 Å². The summed E-state index contributed by atoms with van der Waals surface area (Å²) in [7, 11) is 0. The molecule has 1 aromatic heterocycles. The van der Waals surface area contributed by atoms with Crippen molar-refractivity contribution < 1.29 is 4.79 Å². The third kappa shape index (κ3) is 3.89. The highest BCUT2D eigenvalue weighted by Crippen LogP contribution is 2.15. The average Bonchev–Trinajstić information content (AvgIpc) is 2.25. The zero-order chi connectivity index (χ0) is 11.3. The maximum atomic E-state index is 11.2. The van der Waals surface area contributed by atoms with Crippen LogP contribution in [0.15, 0.2) is 18.2 Å². The highest BCUT2D eigenvalue weighted by Gasteiger charge is 2.06. The van der Waals surface area contributed by atoms with E-state index in [4.69, 9.17) is 5.84 Å². The fourth-order valence-corrected chi connectivity index (χ4v) is 1.68. The van der Waals surface area contributed by atoms with Gasteiger partial charge in [0.2, 0.25) is 0 Å². The van der Waals surface area contributed by atoms with Gasteiger partial charge in [-0.25, -0.2) is 10.8 Å². The van der Waals surface area contributed by atoms with Crippen LogP contribution in [-0.2, 0) is 5.75 Å². The van der Waals surface area contributed by atoms with Crippen molar-refractivity contribution in [3.63, 3.8) is 0 Å². The lowest BCUT2D eigenvalue weighted by Gasteiger charge is -2.05. The van der Waals surface area contributed by atoms with Crippen LogP contribution in [0.2, 0.25) is 0 Å². The molecule has 0 aliphatic carbocycles. The number of thioether (sulfide) groups is 1. The van der Waals surface area contributed by atoms with Crippen LogP contribution in [0.3, 0.4) is 0 Å². The average molecular weight is 225 g/mol. The molecule has 5 heteroatoms. The summed E-state index contributed by atoms with van der Waals surface area (Å²) < 4.78 is 0. The molecule has 4 nitrogen and oxygen atoms in total. The molecular formula is C10H15N3OS. The van der Waals surface area contributed by atoms with E-state index in [1.165, 1.54) is 0 Å². The first-order valence-electron chi connectivity index (χ1n) is 4.72. The molecule has 3 N–H and O–H groups in total. The van der Waals surface area contributed by atoms with Crippen LogP contribution in [0, 0.1) is 0 Å². The minimum absolute atomic E-state index is 0.355. The van der Waals surface area contributed by atoms with E-state index in [0.29, 0.717) is 10.9 Å². The van der Waals surface area contributed by atoms with Crippen molar-refractivity contribution in [1.82, 2.24) is 10.4 Å². The predicted molar refractivity (Wildman–Crippen MR) is 62.3 cm³/mol. The van der Waals surface area contributed by atoms with Crippen LogP contribution in [0.1, 0.15) is 30.0 Å². The van der Waals surface area contributed by atoms with Gasteiger partial charge in [0.15, 0.2) is 0 Å². The van der Waals surface area contributed by atoms with Crippen LogP contribution >= 0.6 is 11.8 Å². The first-order chi connectivity index (χ1) is 7.13. The lowest BCUT2D eigenvalue weighted by Crippen LogP contribution is -2.30. The molecule has 15 heavy (non-hydrogen) atoms. The van der Waals surface area contributed by atoms with Crippen LogP contribution in [0.5, 0.6) is 0 Å². The zero-order valence-corrected chi connectivity index (χ0v) is 9.67. The molecule has 1 heterocycles. The molecule has 0 fully saturated rings. The van der Waals surface area contributed by atoms with E-state index in [1.54, 1.807) is 17.8 Å². The number of carbonyl (C=O) groups is 1. The Hall–Kier alpha value is -1.07. The van der Waals surface area contributed by atoms with Crippen molar-refractivity contribution in [2.24, 2.45) is 5.84 Å². The number of nitrogens with one attached hydrogen (secondary N) is 1. The Balaban J connectivity index is 2.70. The molecule has 82 valence electrons. The van der Waals surface area contributed by atoms with Crippen molar-refractivity contribution in [1.29, 1.82) is 0 Å². The normalized spacial score (nSPS) is 10.4. The number of amides is 1. The predicted octanol–water partition coefficient (Wildman–Crippen LogP) is 1.33. The van der Waals surface area contributed by atoms with Gasteiger partial charge in [0, 0.05) is 5.75 Å². The van der Waals surface area contributed by atoms with E-state index in [2.05, 4.69) is 24.3 Å². The Morgan fingerprint density at radius 2 is 2.33 bits per heavy atom. The number of carbonyl (C=O) groups excluding carboxylic acids is 1. The van der Waals surface area contributed by atoms with Gasteiger partial charge in [-0.1, -0.05) is 19.9 Å². The van der Waals surface area contributed by atoms with Crippen LogP contribution < -0.4 is 11.3 Å². The molecule has 0 saturated carbocycles. The zero-order valence-electron chi connectivity index (χ0n) is 8.86. The third-order valence-electron chi connectivity index (χ3n) is 1.74. The van der Waals surface area contributed by atoms with E-state index in [-0.39, 0.29) is 5.91 Å². The van der Waals surface area contributed by atoms with Gasteiger partial charge in [-0.05, 0) is 17.4 Å². The second-order valence-electron chi connectivity index (χ2n) is 3.35. The highest BCUT2D eigenvalue weighted by atomic mass is 32.2. The number of hydrazine groups is 1. The van der Waals surface area contributed by atoms with Gasteiger partial charge in [-0.15, -0.1) is 0 Å². The van der Waals surface area contributed by atoms with E-state index in [1.807, 2.05) is 12.1 Å². The van der Waals surface area contributed by atoms with Crippen LogP contribution in [0.25, 0.3) is 0 Å². The lowest BCUT2D eigenvalue weighted by atomic mass is 10.3. The monoisotopic (exact) mass is 225 g/mol. The Morgan fingerprint density at radius 1 is 1.60 bits per heavy atom. The molecule has 1 rings (SSSR count).